The van der Waals surface area contributed by atoms with Crippen LogP contribution in [0.1, 0.15) is 31.1 Å². The number of pyridine rings is 1. The van der Waals surface area contributed by atoms with Gasteiger partial charge in [0.1, 0.15) is 5.60 Å². The van der Waals surface area contributed by atoms with E-state index in [4.69, 9.17) is 9.47 Å². The monoisotopic (exact) mass is 408 g/mol. The number of fused-ring (bicyclic) bond motifs is 1. The summed E-state index contributed by atoms with van der Waals surface area (Å²) in [6.07, 6.45) is -0.482. The molecule has 1 N–H and O–H groups in total. The molecule has 25 heavy (non-hydrogen) atoms. The predicted molar refractivity (Wildman–Crippen MR) is 95.3 cm³/mol. The molecule has 1 heterocycles. The van der Waals surface area contributed by atoms with Crippen LogP contribution < -0.4 is 10.1 Å². The number of hydrogen-bond donors (Lipinski definition) is 1. The number of ketones is 1. The zero-order valence-corrected chi connectivity index (χ0v) is 15.5. The number of alkyl carbamates (subject to hydrolysis) is 1. The van der Waals surface area contributed by atoms with E-state index in [-0.39, 0.29) is 17.0 Å². The molecule has 0 saturated carbocycles. The normalized spacial score (nSPS) is 11.0. The zero-order valence-electron chi connectivity index (χ0n) is 14.0. The zero-order chi connectivity index (χ0) is 18.6. The minimum absolute atomic E-state index is 0.0113. The Bertz CT molecular complexity index is 829. The number of imide groups is 1. The van der Waals surface area contributed by atoms with E-state index >= 15 is 0 Å². The van der Waals surface area contributed by atoms with E-state index in [1.807, 2.05) is 5.32 Å². The molecule has 1 aromatic carbocycles. The van der Waals surface area contributed by atoms with Gasteiger partial charge in [0.25, 0.3) is 0 Å². The molecule has 0 aliphatic carbocycles. The number of halogens is 1. The Morgan fingerprint density at radius 1 is 1.16 bits per heavy atom. The number of amides is 2. The van der Waals surface area contributed by atoms with Crippen molar-refractivity contribution in [1.82, 2.24) is 10.3 Å². The Morgan fingerprint density at radius 3 is 2.52 bits per heavy atom. The minimum Gasteiger partial charge on any atom is -0.443 e. The number of benzene rings is 1. The molecule has 0 saturated heterocycles. The van der Waals surface area contributed by atoms with Gasteiger partial charge in [0.15, 0.2) is 5.78 Å². The van der Waals surface area contributed by atoms with Gasteiger partial charge in [0.05, 0.1) is 5.33 Å². The molecule has 0 atom stereocenters. The maximum absolute atomic E-state index is 11.9. The first-order valence-corrected chi connectivity index (χ1v) is 8.51. The maximum Gasteiger partial charge on any atom is 0.423 e. The Labute approximate surface area is 152 Å². The van der Waals surface area contributed by atoms with Crippen molar-refractivity contribution in [2.75, 3.05) is 5.33 Å². The second kappa shape index (κ2) is 7.60. The number of nitrogens with zero attached hydrogens (tertiary/aromatic N) is 1. The quantitative estimate of drug-likeness (QED) is 0.612. The van der Waals surface area contributed by atoms with Crippen LogP contribution in [0.2, 0.25) is 0 Å². The summed E-state index contributed by atoms with van der Waals surface area (Å²) >= 11 is 3.11. The molecule has 0 bridgehead atoms. The van der Waals surface area contributed by atoms with Gasteiger partial charge >= 0.3 is 12.2 Å². The summed E-state index contributed by atoms with van der Waals surface area (Å²) in [6, 6.07) is 6.71. The minimum atomic E-state index is -1.02. The van der Waals surface area contributed by atoms with Gasteiger partial charge < -0.3 is 9.47 Å². The number of alkyl halides is 1. The van der Waals surface area contributed by atoms with Crippen molar-refractivity contribution < 1.29 is 23.9 Å². The smallest absolute Gasteiger partial charge is 0.423 e. The third-order valence-corrected chi connectivity index (χ3v) is 3.47. The predicted octanol–water partition coefficient (Wildman–Crippen LogP) is 3.84. The lowest BCUT2D eigenvalue weighted by molar-refractivity contribution is 0.0533. The molecule has 1 aromatic heterocycles. The molecule has 8 heteroatoms. The van der Waals surface area contributed by atoms with E-state index in [2.05, 4.69) is 20.9 Å². The van der Waals surface area contributed by atoms with Gasteiger partial charge in [-0.15, -0.1) is 0 Å². The molecule has 0 fully saturated rings. The van der Waals surface area contributed by atoms with E-state index in [1.165, 1.54) is 6.20 Å². The highest BCUT2D eigenvalue weighted by Crippen LogP contribution is 2.25. The fourth-order valence-corrected chi connectivity index (χ4v) is 2.30. The van der Waals surface area contributed by atoms with E-state index in [0.29, 0.717) is 10.9 Å². The SMILES string of the molecule is CC(C)(C)OC(=O)NC(=O)Oc1nccc2ccc(C(=O)CBr)cc12. The summed E-state index contributed by atoms with van der Waals surface area (Å²) in [4.78, 5) is 39.3. The molecular formula is C17H17BrN2O5. The van der Waals surface area contributed by atoms with Crippen molar-refractivity contribution in [1.29, 1.82) is 0 Å². The van der Waals surface area contributed by atoms with E-state index in [1.54, 1.807) is 45.0 Å². The Kier molecular flexibility index (Phi) is 5.73. The van der Waals surface area contributed by atoms with Crippen LogP contribution in [0.25, 0.3) is 10.8 Å². The summed E-state index contributed by atoms with van der Waals surface area (Å²) in [6.45, 7) is 5.02. The lowest BCUT2D eigenvalue weighted by atomic mass is 10.1. The fourth-order valence-electron chi connectivity index (χ4n) is 1.97. The van der Waals surface area contributed by atoms with Gasteiger partial charge in [-0.25, -0.2) is 19.9 Å². The number of ether oxygens (including phenoxy) is 2. The number of rotatable bonds is 3. The standard InChI is InChI=1S/C17H17BrN2O5/c1-17(2,3)25-16(23)20-15(22)24-14-12-8-11(13(21)9-18)5-4-10(12)6-7-19-14/h4-8H,9H2,1-3H3,(H,20,22,23). The third-order valence-electron chi connectivity index (χ3n) is 2.97. The third kappa shape index (κ3) is 5.25. The highest BCUT2D eigenvalue weighted by Gasteiger charge is 2.20. The van der Waals surface area contributed by atoms with Gasteiger partial charge in [-0.3, -0.25) is 4.79 Å². The van der Waals surface area contributed by atoms with Gasteiger partial charge in [-0.2, -0.15) is 0 Å². The summed E-state index contributed by atoms with van der Waals surface area (Å²) in [7, 11) is 0. The summed E-state index contributed by atoms with van der Waals surface area (Å²) in [5.74, 6) is -0.127. The van der Waals surface area contributed by atoms with Crippen LogP contribution in [0.5, 0.6) is 5.88 Å². The average Bonchev–Trinajstić information content (AvgIpc) is 2.52. The van der Waals surface area contributed by atoms with Crippen molar-refractivity contribution in [3.05, 3.63) is 36.0 Å². The molecule has 0 aliphatic rings. The van der Waals surface area contributed by atoms with Crippen molar-refractivity contribution in [2.24, 2.45) is 0 Å². The average molecular weight is 409 g/mol. The molecule has 0 aliphatic heterocycles. The Morgan fingerprint density at radius 2 is 1.88 bits per heavy atom. The lowest BCUT2D eigenvalue weighted by Gasteiger charge is -2.19. The second-order valence-corrected chi connectivity index (χ2v) is 6.69. The van der Waals surface area contributed by atoms with E-state index in [9.17, 15) is 14.4 Å². The maximum atomic E-state index is 11.9. The molecule has 132 valence electrons. The summed E-state index contributed by atoms with van der Waals surface area (Å²) in [5.41, 5.74) is -0.290. The van der Waals surface area contributed by atoms with Crippen molar-refractivity contribution in [2.45, 2.75) is 26.4 Å². The molecule has 0 unspecified atom stereocenters. The van der Waals surface area contributed by atoms with Crippen LogP contribution in [-0.4, -0.2) is 33.9 Å². The van der Waals surface area contributed by atoms with Crippen LogP contribution in [0.4, 0.5) is 9.59 Å². The Balaban J connectivity index is 2.21. The summed E-state index contributed by atoms with van der Waals surface area (Å²) in [5, 5.41) is 3.35. The topological polar surface area (TPSA) is 94.6 Å². The van der Waals surface area contributed by atoms with Crippen molar-refractivity contribution in [3.8, 4) is 5.88 Å². The number of aromatic nitrogens is 1. The Hall–Kier alpha value is -2.48. The van der Waals surface area contributed by atoms with Gasteiger partial charge in [-0.1, -0.05) is 28.1 Å². The molecule has 2 aromatic rings. The first-order valence-electron chi connectivity index (χ1n) is 7.39. The number of nitrogens with one attached hydrogen (secondary N) is 1. The lowest BCUT2D eigenvalue weighted by Crippen LogP contribution is -2.38. The highest BCUT2D eigenvalue weighted by molar-refractivity contribution is 9.09. The largest absolute Gasteiger partial charge is 0.443 e. The van der Waals surface area contributed by atoms with E-state index < -0.39 is 17.8 Å². The van der Waals surface area contributed by atoms with Crippen LogP contribution in [0, 0.1) is 0 Å². The first kappa shape index (κ1) is 18.9. The van der Waals surface area contributed by atoms with Gasteiger partial charge in [-0.05, 0) is 38.3 Å². The highest BCUT2D eigenvalue weighted by atomic mass is 79.9. The van der Waals surface area contributed by atoms with Gasteiger partial charge in [0, 0.05) is 17.1 Å². The second-order valence-electron chi connectivity index (χ2n) is 6.13. The molecule has 0 radical (unpaired) electrons. The first-order chi connectivity index (χ1) is 11.7. The van der Waals surface area contributed by atoms with Crippen LogP contribution >= 0.6 is 15.9 Å². The van der Waals surface area contributed by atoms with Crippen LogP contribution in [0.15, 0.2) is 30.5 Å². The fraction of sp³-hybridized carbons (Fsp3) is 0.294. The van der Waals surface area contributed by atoms with E-state index in [0.717, 1.165) is 5.39 Å². The molecule has 7 nitrogen and oxygen atoms in total. The van der Waals surface area contributed by atoms with Crippen molar-refractivity contribution in [3.63, 3.8) is 0 Å². The molecular weight excluding hydrogens is 392 g/mol. The number of Topliss-reactive ketones (excluding diaryl/α,β-unsaturated/α-hetero) is 1. The number of hydrogen-bond acceptors (Lipinski definition) is 6. The molecule has 0 spiro atoms. The number of carbonyl (C=O) groups excluding carboxylic acids is 3. The van der Waals surface area contributed by atoms with Crippen LogP contribution in [0.3, 0.4) is 0 Å². The van der Waals surface area contributed by atoms with Crippen LogP contribution in [-0.2, 0) is 4.74 Å². The summed E-state index contributed by atoms with van der Waals surface area (Å²) < 4.78 is 10.1. The molecule has 2 rings (SSSR count). The number of carbonyl (C=O) groups is 3. The molecule has 2 amide bonds. The van der Waals surface area contributed by atoms with Gasteiger partial charge in [0.2, 0.25) is 5.88 Å². The van der Waals surface area contributed by atoms with Crippen molar-refractivity contribution >= 4 is 44.7 Å².